The van der Waals surface area contributed by atoms with Crippen LogP contribution in [0.5, 0.6) is 5.75 Å². The molecule has 0 unspecified atom stereocenters. The van der Waals surface area contributed by atoms with Gasteiger partial charge in [-0.25, -0.2) is 0 Å². The lowest BCUT2D eigenvalue weighted by molar-refractivity contribution is -0.117. The number of carbonyl (C=O) groups is 1. The molecule has 1 aliphatic heterocycles. The number of hydrogen-bond acceptors (Lipinski definition) is 8. The van der Waals surface area contributed by atoms with Crippen LogP contribution in [0.4, 0.5) is 0 Å². The lowest BCUT2D eigenvalue weighted by Crippen LogP contribution is -2.29. The highest BCUT2D eigenvalue weighted by atomic mass is 32.2. The lowest BCUT2D eigenvalue weighted by atomic mass is 9.80. The first kappa shape index (κ1) is 24.9. The molecule has 3 aromatic carbocycles. The second-order valence-corrected chi connectivity index (χ2v) is 9.94. The smallest absolute Gasteiger partial charge is 0.488 e. The van der Waals surface area contributed by atoms with Crippen molar-refractivity contribution < 1.29 is 19.6 Å². The number of ether oxygens (including phenoxy) is 1. The molecular formula is C27H25BN4O4S. The zero-order chi connectivity index (χ0) is 26.1. The molecular weight excluding hydrogens is 487 g/mol. The highest BCUT2D eigenvalue weighted by molar-refractivity contribution is 7.99. The van der Waals surface area contributed by atoms with Gasteiger partial charge in [-0.15, -0.1) is 10.2 Å². The van der Waals surface area contributed by atoms with E-state index in [-0.39, 0.29) is 12.2 Å². The van der Waals surface area contributed by atoms with Gasteiger partial charge in [0.2, 0.25) is 0 Å². The number of aliphatic imine (C=N–C) groups is 1. The third-order valence-corrected chi connectivity index (χ3v) is 7.13. The number of aryl methyl sites for hydroxylation is 1. The average Bonchev–Trinajstić information content (AvgIpc) is 3.21. The Morgan fingerprint density at radius 2 is 1.84 bits per heavy atom. The van der Waals surface area contributed by atoms with Crippen LogP contribution in [0.1, 0.15) is 42.2 Å². The van der Waals surface area contributed by atoms with E-state index in [2.05, 4.69) is 10.2 Å². The maximum Gasteiger partial charge on any atom is 0.488 e. The molecule has 0 amide bonds. The normalized spacial score (nSPS) is 14.3. The Labute approximate surface area is 219 Å². The van der Waals surface area contributed by atoms with Gasteiger partial charge in [0.1, 0.15) is 23.4 Å². The summed E-state index contributed by atoms with van der Waals surface area (Å²) in [7, 11) is 0.116. The third kappa shape index (κ3) is 5.08. The molecule has 2 heterocycles. The van der Waals surface area contributed by atoms with Crippen molar-refractivity contribution in [2.45, 2.75) is 36.1 Å². The van der Waals surface area contributed by atoms with Gasteiger partial charge >= 0.3 is 7.12 Å². The molecule has 0 radical (unpaired) electrons. The maximum absolute atomic E-state index is 12.2. The van der Waals surface area contributed by atoms with Crippen LogP contribution in [0.15, 0.2) is 81.5 Å². The number of hydrogen-bond donors (Lipinski definition) is 2. The van der Waals surface area contributed by atoms with Crippen molar-refractivity contribution in [3.63, 3.8) is 0 Å². The molecule has 0 saturated carbocycles. The molecule has 0 bridgehead atoms. The van der Waals surface area contributed by atoms with Crippen LogP contribution in [0, 0.1) is 6.92 Å². The summed E-state index contributed by atoms with van der Waals surface area (Å²) in [4.78, 5) is 19.1. The average molecular weight is 512 g/mol. The molecule has 0 fully saturated rings. The van der Waals surface area contributed by atoms with E-state index in [4.69, 9.17) is 9.73 Å². The fraction of sp³-hybridized carbons (Fsp3) is 0.185. The molecule has 1 aliphatic rings. The predicted molar refractivity (Wildman–Crippen MR) is 143 cm³/mol. The summed E-state index contributed by atoms with van der Waals surface area (Å²) < 4.78 is 7.48. The van der Waals surface area contributed by atoms with E-state index in [1.807, 2.05) is 60.0 Å². The van der Waals surface area contributed by atoms with Crippen molar-refractivity contribution in [1.29, 1.82) is 0 Å². The van der Waals surface area contributed by atoms with Crippen molar-refractivity contribution in [2.75, 3.05) is 7.11 Å². The highest BCUT2D eigenvalue weighted by Gasteiger charge is 2.29. The van der Waals surface area contributed by atoms with Crippen molar-refractivity contribution in [3.05, 3.63) is 89.5 Å². The predicted octanol–water partition coefficient (Wildman–Crippen LogP) is 3.29. The monoisotopic (exact) mass is 512 g/mol. The molecule has 37 heavy (non-hydrogen) atoms. The van der Waals surface area contributed by atoms with Gasteiger partial charge in [-0.1, -0.05) is 36.0 Å². The van der Waals surface area contributed by atoms with E-state index in [1.165, 1.54) is 11.8 Å². The summed E-state index contributed by atoms with van der Waals surface area (Å²) in [6.45, 7) is 3.44. The van der Waals surface area contributed by atoms with E-state index >= 15 is 0 Å². The van der Waals surface area contributed by atoms with Crippen LogP contribution in [0.3, 0.4) is 0 Å². The molecule has 0 aliphatic carbocycles. The second kappa shape index (κ2) is 10.3. The van der Waals surface area contributed by atoms with Crippen LogP contribution < -0.4 is 10.2 Å². The Morgan fingerprint density at radius 1 is 1.05 bits per heavy atom. The fourth-order valence-electron chi connectivity index (χ4n) is 4.40. The summed E-state index contributed by atoms with van der Waals surface area (Å²) in [5.74, 6) is 2.06. The Hall–Kier alpha value is -3.73. The minimum Gasteiger partial charge on any atom is -0.497 e. The molecule has 8 nitrogen and oxygen atoms in total. The topological polar surface area (TPSA) is 110 Å². The Bertz CT molecular complexity index is 1500. The van der Waals surface area contributed by atoms with Crippen molar-refractivity contribution in [1.82, 2.24) is 14.8 Å². The summed E-state index contributed by atoms with van der Waals surface area (Å²) >= 11 is 1.52. The summed E-state index contributed by atoms with van der Waals surface area (Å²) in [6, 6.07) is 20.5. The number of fused-ring (bicyclic) bond motifs is 3. The SMILES string of the molecule is COc1ccc2c(c1)C(c1ccc(Sc3cccc(B(O)O)c3)cc1)=N[C@@H](CC(C)=O)c1nnc(C)n1-2. The molecule has 0 spiro atoms. The van der Waals surface area contributed by atoms with Crippen LogP contribution in [0.2, 0.25) is 0 Å². The Balaban J connectivity index is 1.57. The van der Waals surface area contributed by atoms with Gasteiger partial charge in [-0.2, -0.15) is 0 Å². The molecule has 4 aromatic rings. The van der Waals surface area contributed by atoms with Crippen LogP contribution in [-0.2, 0) is 4.79 Å². The summed E-state index contributed by atoms with van der Waals surface area (Å²) in [6.07, 6.45) is 0.216. The minimum absolute atomic E-state index is 0.0193. The zero-order valence-corrected chi connectivity index (χ0v) is 21.4. The number of ketones is 1. The summed E-state index contributed by atoms with van der Waals surface area (Å²) in [5.41, 5.74) is 3.81. The van der Waals surface area contributed by atoms with Crippen LogP contribution >= 0.6 is 11.8 Å². The van der Waals surface area contributed by atoms with Gasteiger partial charge in [-0.3, -0.25) is 14.4 Å². The number of nitrogens with zero attached hydrogens (tertiary/aromatic N) is 4. The molecule has 2 N–H and O–H groups in total. The molecule has 5 rings (SSSR count). The van der Waals surface area contributed by atoms with Gasteiger partial charge in [0.05, 0.1) is 18.5 Å². The number of Topliss-reactive ketones (excluding diaryl/α,β-unsaturated/α-hetero) is 1. The lowest BCUT2D eigenvalue weighted by Gasteiger charge is -2.14. The Kier molecular flexibility index (Phi) is 6.97. The molecule has 1 aromatic heterocycles. The molecule has 0 saturated heterocycles. The highest BCUT2D eigenvalue weighted by Crippen LogP contribution is 2.35. The quantitative estimate of drug-likeness (QED) is 0.366. The van der Waals surface area contributed by atoms with Gasteiger partial charge in [-0.05, 0) is 61.8 Å². The minimum atomic E-state index is -1.51. The first-order valence-corrected chi connectivity index (χ1v) is 12.6. The van der Waals surface area contributed by atoms with Gasteiger partial charge in [0, 0.05) is 27.3 Å². The second-order valence-electron chi connectivity index (χ2n) is 8.80. The van der Waals surface area contributed by atoms with Crippen molar-refractivity contribution >= 4 is 35.8 Å². The van der Waals surface area contributed by atoms with E-state index in [9.17, 15) is 14.8 Å². The van der Waals surface area contributed by atoms with Crippen molar-refractivity contribution in [3.8, 4) is 11.4 Å². The van der Waals surface area contributed by atoms with E-state index < -0.39 is 13.2 Å². The van der Waals surface area contributed by atoms with E-state index in [0.29, 0.717) is 22.9 Å². The first-order valence-electron chi connectivity index (χ1n) is 11.8. The first-order chi connectivity index (χ1) is 17.8. The van der Waals surface area contributed by atoms with Gasteiger partial charge < -0.3 is 14.8 Å². The number of benzene rings is 3. The van der Waals surface area contributed by atoms with Gasteiger partial charge in [0.25, 0.3) is 0 Å². The van der Waals surface area contributed by atoms with Crippen LogP contribution in [-0.4, -0.2) is 50.5 Å². The van der Waals surface area contributed by atoms with E-state index in [1.54, 1.807) is 32.2 Å². The molecule has 186 valence electrons. The van der Waals surface area contributed by atoms with E-state index in [0.717, 1.165) is 32.3 Å². The Morgan fingerprint density at radius 3 is 2.54 bits per heavy atom. The maximum atomic E-state index is 12.2. The fourth-order valence-corrected chi connectivity index (χ4v) is 5.28. The van der Waals surface area contributed by atoms with Crippen LogP contribution in [0.25, 0.3) is 5.69 Å². The number of aromatic nitrogens is 3. The standard InChI is InChI=1S/C27H25BN4O4S/c1-16(33)13-24-27-31-30-17(2)32(27)25-12-9-20(36-3)15-23(25)26(29-24)18-7-10-21(11-8-18)37-22-6-4-5-19(14-22)28(34)35/h4-12,14-15,24,34-35H,13H2,1-3H3/t24-/m0/s1. The zero-order valence-electron chi connectivity index (χ0n) is 20.6. The molecule has 1 atom stereocenters. The largest absolute Gasteiger partial charge is 0.497 e. The van der Waals surface area contributed by atoms with Crippen molar-refractivity contribution in [2.24, 2.45) is 4.99 Å². The van der Waals surface area contributed by atoms with Gasteiger partial charge in [0.15, 0.2) is 5.82 Å². The molecule has 10 heteroatoms. The third-order valence-electron chi connectivity index (χ3n) is 6.13. The number of carbonyl (C=O) groups excluding carboxylic acids is 1. The number of rotatable bonds is 7. The number of methoxy groups -OCH3 is 1. The summed E-state index contributed by atoms with van der Waals surface area (Å²) in [5, 5.41) is 27.6.